The molecule has 2 aromatic rings. The monoisotopic (exact) mass is 330 g/mol. The maximum Gasteiger partial charge on any atom is 0.238 e. The highest BCUT2D eigenvalue weighted by atomic mass is 32.2. The molecule has 0 aromatic heterocycles. The van der Waals surface area contributed by atoms with Crippen LogP contribution >= 0.6 is 11.8 Å². The summed E-state index contributed by atoms with van der Waals surface area (Å²) < 4.78 is 13.1. The van der Waals surface area contributed by atoms with Crippen molar-refractivity contribution in [2.45, 2.75) is 23.1 Å². The van der Waals surface area contributed by atoms with Crippen molar-refractivity contribution in [1.29, 1.82) is 0 Å². The van der Waals surface area contributed by atoms with Gasteiger partial charge in [-0.25, -0.2) is 4.39 Å². The summed E-state index contributed by atoms with van der Waals surface area (Å²) in [5.74, 6) is -0.744. The van der Waals surface area contributed by atoms with E-state index >= 15 is 0 Å². The van der Waals surface area contributed by atoms with Crippen LogP contribution in [0.2, 0.25) is 0 Å². The van der Waals surface area contributed by atoms with E-state index in [1.807, 2.05) is 24.3 Å². The second-order valence-corrected chi connectivity index (χ2v) is 6.45. The van der Waals surface area contributed by atoms with Crippen LogP contribution in [-0.2, 0) is 16.1 Å². The van der Waals surface area contributed by atoms with Gasteiger partial charge in [0.25, 0.3) is 0 Å². The van der Waals surface area contributed by atoms with Crippen LogP contribution in [-0.4, -0.2) is 17.1 Å². The third-order valence-corrected chi connectivity index (χ3v) is 4.73. The number of fused-ring (bicyclic) bond motifs is 1. The van der Waals surface area contributed by atoms with Gasteiger partial charge in [-0.1, -0.05) is 24.3 Å². The summed E-state index contributed by atoms with van der Waals surface area (Å²) in [6.07, 6.45) is 0.0835. The molecule has 118 valence electrons. The SMILES string of the molecule is O=C(CC1Sc2ccccc2NC1=O)NCc1cccc(F)c1. The third-order valence-electron chi connectivity index (χ3n) is 3.46. The molecule has 0 saturated heterocycles. The Morgan fingerprint density at radius 3 is 2.87 bits per heavy atom. The Hall–Kier alpha value is -2.34. The summed E-state index contributed by atoms with van der Waals surface area (Å²) >= 11 is 1.38. The van der Waals surface area contributed by atoms with Gasteiger partial charge < -0.3 is 10.6 Å². The van der Waals surface area contributed by atoms with Crippen LogP contribution in [0.25, 0.3) is 0 Å². The van der Waals surface area contributed by atoms with Crippen LogP contribution in [0.3, 0.4) is 0 Å². The minimum Gasteiger partial charge on any atom is -0.352 e. The zero-order valence-electron chi connectivity index (χ0n) is 12.2. The van der Waals surface area contributed by atoms with Gasteiger partial charge in [-0.3, -0.25) is 9.59 Å². The number of hydrogen-bond donors (Lipinski definition) is 2. The number of thioether (sulfide) groups is 1. The number of anilines is 1. The number of para-hydroxylation sites is 1. The van der Waals surface area contributed by atoms with Crippen molar-refractivity contribution in [2.75, 3.05) is 5.32 Å². The van der Waals surface area contributed by atoms with E-state index in [4.69, 9.17) is 0 Å². The fourth-order valence-corrected chi connectivity index (χ4v) is 3.43. The lowest BCUT2D eigenvalue weighted by Crippen LogP contribution is -2.34. The summed E-state index contributed by atoms with van der Waals surface area (Å²) in [4.78, 5) is 25.0. The standard InChI is InChI=1S/C17H15FN2O2S/c18-12-5-3-4-11(8-12)10-19-16(21)9-15-17(22)20-13-6-1-2-7-14(13)23-15/h1-8,15H,9-10H2,(H,19,21)(H,20,22). The fourth-order valence-electron chi connectivity index (χ4n) is 2.32. The first-order valence-electron chi connectivity index (χ1n) is 7.19. The number of carbonyl (C=O) groups excluding carboxylic acids is 2. The molecular weight excluding hydrogens is 315 g/mol. The molecule has 0 fully saturated rings. The van der Waals surface area contributed by atoms with Crippen LogP contribution in [0, 0.1) is 5.82 Å². The summed E-state index contributed by atoms with van der Waals surface area (Å²) in [7, 11) is 0. The number of nitrogens with one attached hydrogen (secondary N) is 2. The lowest BCUT2D eigenvalue weighted by Gasteiger charge is -2.23. The fraction of sp³-hybridized carbons (Fsp3) is 0.176. The molecule has 2 N–H and O–H groups in total. The third kappa shape index (κ3) is 3.90. The van der Waals surface area contributed by atoms with Crippen molar-refractivity contribution in [3.63, 3.8) is 0 Å². The molecule has 6 heteroatoms. The number of carbonyl (C=O) groups is 2. The molecule has 0 aliphatic carbocycles. The molecule has 2 aromatic carbocycles. The smallest absolute Gasteiger partial charge is 0.238 e. The first kappa shape index (κ1) is 15.6. The summed E-state index contributed by atoms with van der Waals surface area (Å²) in [6, 6.07) is 13.6. The van der Waals surface area contributed by atoms with E-state index in [2.05, 4.69) is 10.6 Å². The highest BCUT2D eigenvalue weighted by Crippen LogP contribution is 2.36. The number of benzene rings is 2. The lowest BCUT2D eigenvalue weighted by molar-refractivity contribution is -0.124. The molecule has 1 aliphatic heterocycles. The van der Waals surface area contributed by atoms with Crippen molar-refractivity contribution in [3.8, 4) is 0 Å². The van der Waals surface area contributed by atoms with Gasteiger partial charge in [-0.15, -0.1) is 11.8 Å². The molecule has 1 aliphatic rings. The molecule has 1 atom stereocenters. The number of rotatable bonds is 4. The highest BCUT2D eigenvalue weighted by Gasteiger charge is 2.28. The van der Waals surface area contributed by atoms with Crippen LogP contribution in [0.4, 0.5) is 10.1 Å². The molecule has 0 saturated carbocycles. The van der Waals surface area contributed by atoms with Gasteiger partial charge in [0.15, 0.2) is 0 Å². The van der Waals surface area contributed by atoms with E-state index in [0.717, 1.165) is 10.6 Å². The maximum atomic E-state index is 13.1. The van der Waals surface area contributed by atoms with E-state index in [9.17, 15) is 14.0 Å². The first-order valence-corrected chi connectivity index (χ1v) is 8.07. The molecular formula is C17H15FN2O2S. The van der Waals surface area contributed by atoms with Gasteiger partial charge in [0.05, 0.1) is 10.9 Å². The zero-order valence-corrected chi connectivity index (χ0v) is 13.0. The lowest BCUT2D eigenvalue weighted by atomic mass is 10.2. The van der Waals surface area contributed by atoms with Crippen LogP contribution in [0.15, 0.2) is 53.4 Å². The molecule has 23 heavy (non-hydrogen) atoms. The molecule has 1 heterocycles. The van der Waals surface area contributed by atoms with Crippen LogP contribution in [0.1, 0.15) is 12.0 Å². The van der Waals surface area contributed by atoms with Gasteiger partial charge >= 0.3 is 0 Å². The van der Waals surface area contributed by atoms with E-state index in [1.54, 1.807) is 12.1 Å². The van der Waals surface area contributed by atoms with E-state index in [0.29, 0.717) is 5.56 Å². The Morgan fingerprint density at radius 2 is 2.04 bits per heavy atom. The van der Waals surface area contributed by atoms with Crippen molar-refractivity contribution < 1.29 is 14.0 Å². The molecule has 1 unspecified atom stereocenters. The molecule has 0 radical (unpaired) electrons. The Balaban J connectivity index is 1.57. The van der Waals surface area contributed by atoms with Crippen molar-refractivity contribution in [3.05, 3.63) is 59.9 Å². The molecule has 3 rings (SSSR count). The molecule has 0 bridgehead atoms. The van der Waals surface area contributed by atoms with Crippen molar-refractivity contribution in [2.24, 2.45) is 0 Å². The summed E-state index contributed by atoms with van der Waals surface area (Å²) in [6.45, 7) is 0.242. The topological polar surface area (TPSA) is 58.2 Å². The minimum atomic E-state index is -0.461. The van der Waals surface area contributed by atoms with Gasteiger partial charge in [0, 0.05) is 17.9 Å². The Labute approximate surface area is 137 Å². The van der Waals surface area contributed by atoms with E-state index in [1.165, 1.54) is 23.9 Å². The number of hydrogen-bond acceptors (Lipinski definition) is 3. The van der Waals surface area contributed by atoms with Gasteiger partial charge in [-0.2, -0.15) is 0 Å². The van der Waals surface area contributed by atoms with Crippen molar-refractivity contribution in [1.82, 2.24) is 5.32 Å². The maximum absolute atomic E-state index is 13.1. The number of halogens is 1. The molecule has 4 nitrogen and oxygen atoms in total. The first-order chi connectivity index (χ1) is 11.1. The Morgan fingerprint density at radius 1 is 1.22 bits per heavy atom. The largest absolute Gasteiger partial charge is 0.352 e. The summed E-state index contributed by atoms with van der Waals surface area (Å²) in [5, 5.41) is 5.07. The predicted octanol–water partition coefficient (Wildman–Crippen LogP) is 2.95. The van der Waals surface area contributed by atoms with Gasteiger partial charge in [-0.05, 0) is 29.8 Å². The van der Waals surface area contributed by atoms with Gasteiger partial charge in [0.1, 0.15) is 5.82 Å². The minimum absolute atomic E-state index is 0.0835. The average molecular weight is 330 g/mol. The van der Waals surface area contributed by atoms with E-state index in [-0.39, 0.29) is 30.6 Å². The Bertz CT molecular complexity index is 751. The van der Waals surface area contributed by atoms with E-state index < -0.39 is 5.25 Å². The van der Waals surface area contributed by atoms with Crippen LogP contribution < -0.4 is 10.6 Å². The van der Waals surface area contributed by atoms with Crippen LogP contribution in [0.5, 0.6) is 0 Å². The summed E-state index contributed by atoms with van der Waals surface area (Å²) in [5.41, 5.74) is 1.46. The zero-order chi connectivity index (χ0) is 16.2. The second-order valence-electron chi connectivity index (χ2n) is 5.20. The average Bonchev–Trinajstić information content (AvgIpc) is 2.54. The van der Waals surface area contributed by atoms with Crippen molar-refractivity contribution >= 4 is 29.3 Å². The molecule has 0 spiro atoms. The normalized spacial score (nSPS) is 16.4. The quantitative estimate of drug-likeness (QED) is 0.906. The molecule has 2 amide bonds. The Kier molecular flexibility index (Phi) is 4.62. The second kappa shape index (κ2) is 6.83. The van der Waals surface area contributed by atoms with Gasteiger partial charge in [0.2, 0.25) is 11.8 Å². The number of amides is 2. The highest BCUT2D eigenvalue weighted by molar-refractivity contribution is 8.01. The predicted molar refractivity (Wildman–Crippen MR) is 87.6 cm³/mol.